The molecule has 4 rings (SSSR count). The van der Waals surface area contributed by atoms with E-state index in [2.05, 4.69) is 11.4 Å². The van der Waals surface area contributed by atoms with E-state index in [1.54, 1.807) is 24.1 Å². The van der Waals surface area contributed by atoms with E-state index in [0.29, 0.717) is 41.7 Å². The molecule has 0 radical (unpaired) electrons. The summed E-state index contributed by atoms with van der Waals surface area (Å²) in [4.78, 5) is 28.8. The molecule has 1 fully saturated rings. The maximum absolute atomic E-state index is 13.6. The van der Waals surface area contributed by atoms with E-state index in [4.69, 9.17) is 18.9 Å². The molecule has 0 aromatic heterocycles. The van der Waals surface area contributed by atoms with Crippen molar-refractivity contribution >= 4 is 17.5 Å². The first-order valence-corrected chi connectivity index (χ1v) is 13.2. The van der Waals surface area contributed by atoms with Gasteiger partial charge in [-0.1, -0.05) is 23.8 Å². The van der Waals surface area contributed by atoms with Gasteiger partial charge in [0.2, 0.25) is 17.6 Å². The summed E-state index contributed by atoms with van der Waals surface area (Å²) in [6.07, 6.45) is 8.58. The Morgan fingerprint density at radius 3 is 2.24 bits per heavy atom. The Hall–Kier alpha value is -3.68. The summed E-state index contributed by atoms with van der Waals surface area (Å²) in [6.45, 7) is 0.592. The number of carbonyl (C=O) groups is 2. The minimum absolute atomic E-state index is 0.0489. The van der Waals surface area contributed by atoms with Crippen molar-refractivity contribution in [3.8, 4) is 23.0 Å². The summed E-state index contributed by atoms with van der Waals surface area (Å²) < 4.78 is 21.9. The molecule has 204 valence electrons. The number of nitrogens with zero attached hydrogens (tertiary/aromatic N) is 1. The van der Waals surface area contributed by atoms with E-state index >= 15 is 0 Å². The summed E-state index contributed by atoms with van der Waals surface area (Å²) >= 11 is 0. The average Bonchev–Trinajstić information content (AvgIpc) is 2.96. The fourth-order valence-corrected chi connectivity index (χ4v) is 5.47. The van der Waals surface area contributed by atoms with Crippen LogP contribution in [0.1, 0.15) is 56.6 Å². The smallest absolute Gasteiger partial charge is 0.227 e. The number of hydrogen-bond donors (Lipinski definition) is 1. The van der Waals surface area contributed by atoms with Gasteiger partial charge in [0.15, 0.2) is 11.5 Å². The Balaban J connectivity index is 1.69. The maximum atomic E-state index is 13.6. The topological polar surface area (TPSA) is 86.3 Å². The normalized spacial score (nSPS) is 19.4. The van der Waals surface area contributed by atoms with Gasteiger partial charge in [0.05, 0.1) is 46.1 Å². The molecule has 1 saturated heterocycles. The van der Waals surface area contributed by atoms with E-state index in [1.165, 1.54) is 39.7 Å². The van der Waals surface area contributed by atoms with Gasteiger partial charge in [0, 0.05) is 25.1 Å². The van der Waals surface area contributed by atoms with Crippen molar-refractivity contribution < 1.29 is 28.5 Å². The summed E-state index contributed by atoms with van der Waals surface area (Å²) in [7, 11) is 6.23. The SMILES string of the molecule is COc1ccc(C2C(C(=O)NCCC3=CCCCC3)CCC(=O)N2c2cc(OC)c(OC)c(OC)c2)cc1. The second kappa shape index (κ2) is 12.7. The predicted octanol–water partition coefficient (Wildman–Crippen LogP) is 5.21. The molecular weight excluding hydrogens is 484 g/mol. The van der Waals surface area contributed by atoms with Crippen molar-refractivity contribution in [3.63, 3.8) is 0 Å². The van der Waals surface area contributed by atoms with Crippen LogP contribution in [0.15, 0.2) is 48.0 Å². The number of methoxy groups -OCH3 is 4. The molecule has 2 aliphatic rings. The van der Waals surface area contributed by atoms with Crippen molar-refractivity contribution in [1.29, 1.82) is 0 Å². The summed E-state index contributed by atoms with van der Waals surface area (Å²) in [6, 6.07) is 10.5. The number of hydrogen-bond acceptors (Lipinski definition) is 6. The van der Waals surface area contributed by atoms with E-state index in [0.717, 1.165) is 24.8 Å². The Labute approximate surface area is 224 Å². The van der Waals surface area contributed by atoms with Gasteiger partial charge in [-0.15, -0.1) is 0 Å². The fourth-order valence-electron chi connectivity index (χ4n) is 5.47. The highest BCUT2D eigenvalue weighted by atomic mass is 16.5. The summed E-state index contributed by atoms with van der Waals surface area (Å²) in [5, 5.41) is 3.16. The van der Waals surface area contributed by atoms with Gasteiger partial charge in [-0.25, -0.2) is 0 Å². The molecule has 2 amide bonds. The van der Waals surface area contributed by atoms with Crippen LogP contribution in [0.2, 0.25) is 0 Å². The van der Waals surface area contributed by atoms with Gasteiger partial charge in [-0.3, -0.25) is 9.59 Å². The number of piperidine rings is 1. The number of allylic oxidation sites excluding steroid dienone is 1. The van der Waals surface area contributed by atoms with Crippen LogP contribution < -0.4 is 29.2 Å². The minimum atomic E-state index is -0.515. The number of benzene rings is 2. The molecule has 2 atom stereocenters. The van der Waals surface area contributed by atoms with E-state index in [-0.39, 0.29) is 18.2 Å². The monoisotopic (exact) mass is 522 g/mol. The highest BCUT2D eigenvalue weighted by molar-refractivity contribution is 5.98. The van der Waals surface area contributed by atoms with Crippen molar-refractivity contribution in [2.75, 3.05) is 39.9 Å². The lowest BCUT2D eigenvalue weighted by Gasteiger charge is -2.41. The molecule has 0 bridgehead atoms. The zero-order chi connectivity index (χ0) is 27.1. The number of nitrogens with one attached hydrogen (secondary N) is 1. The summed E-state index contributed by atoms with van der Waals surface area (Å²) in [5.74, 6) is 1.47. The third-order valence-electron chi connectivity index (χ3n) is 7.45. The number of anilines is 1. The molecule has 2 aromatic carbocycles. The molecule has 1 N–H and O–H groups in total. The maximum Gasteiger partial charge on any atom is 0.227 e. The first-order valence-electron chi connectivity index (χ1n) is 13.2. The fraction of sp³-hybridized carbons (Fsp3) is 0.467. The first kappa shape index (κ1) is 27.4. The van der Waals surface area contributed by atoms with Crippen LogP contribution in [0.3, 0.4) is 0 Å². The Morgan fingerprint density at radius 1 is 0.947 bits per heavy atom. The van der Waals surface area contributed by atoms with Crippen LogP contribution in [0, 0.1) is 5.92 Å². The van der Waals surface area contributed by atoms with E-state index < -0.39 is 12.0 Å². The molecule has 8 heteroatoms. The second-order valence-corrected chi connectivity index (χ2v) is 9.66. The molecule has 0 saturated carbocycles. The minimum Gasteiger partial charge on any atom is -0.497 e. The second-order valence-electron chi connectivity index (χ2n) is 9.66. The van der Waals surface area contributed by atoms with Gasteiger partial charge in [0.25, 0.3) is 0 Å². The zero-order valence-electron chi connectivity index (χ0n) is 22.7. The molecule has 1 aliphatic carbocycles. The Morgan fingerprint density at radius 2 is 1.66 bits per heavy atom. The average molecular weight is 523 g/mol. The van der Waals surface area contributed by atoms with Crippen LogP contribution in [0.25, 0.3) is 0 Å². The van der Waals surface area contributed by atoms with Crippen molar-refractivity contribution in [2.45, 2.75) is 51.0 Å². The lowest BCUT2D eigenvalue weighted by atomic mass is 9.83. The third-order valence-corrected chi connectivity index (χ3v) is 7.45. The predicted molar refractivity (Wildman–Crippen MR) is 146 cm³/mol. The van der Waals surface area contributed by atoms with Gasteiger partial charge in [-0.05, 0) is 56.2 Å². The molecular formula is C30H38N2O6. The number of carbonyl (C=O) groups excluding carboxylic acids is 2. The van der Waals surface area contributed by atoms with Crippen molar-refractivity contribution in [2.24, 2.45) is 5.92 Å². The lowest BCUT2D eigenvalue weighted by Crippen LogP contribution is -2.48. The molecule has 1 aliphatic heterocycles. The lowest BCUT2D eigenvalue weighted by molar-refractivity contribution is -0.129. The van der Waals surface area contributed by atoms with E-state index in [1.807, 2.05) is 24.3 Å². The number of ether oxygens (including phenoxy) is 4. The molecule has 8 nitrogen and oxygen atoms in total. The van der Waals surface area contributed by atoms with Gasteiger partial charge < -0.3 is 29.2 Å². The van der Waals surface area contributed by atoms with Crippen LogP contribution in [0.4, 0.5) is 5.69 Å². The Bertz CT molecular complexity index is 1130. The molecule has 2 unspecified atom stereocenters. The number of rotatable bonds is 10. The first-order chi connectivity index (χ1) is 18.5. The van der Waals surface area contributed by atoms with Crippen LogP contribution in [0.5, 0.6) is 23.0 Å². The van der Waals surface area contributed by atoms with Crippen molar-refractivity contribution in [3.05, 3.63) is 53.6 Å². The molecule has 38 heavy (non-hydrogen) atoms. The molecule has 1 heterocycles. The van der Waals surface area contributed by atoms with Gasteiger partial charge in [0.1, 0.15) is 5.75 Å². The van der Waals surface area contributed by atoms with Crippen LogP contribution in [-0.4, -0.2) is 46.8 Å². The third kappa shape index (κ3) is 5.90. The van der Waals surface area contributed by atoms with Crippen molar-refractivity contribution in [1.82, 2.24) is 5.32 Å². The standard InChI is InChI=1S/C30H38N2O6/c1-35-23-12-10-21(11-13-23)28-24(30(34)31-17-16-20-8-6-5-7-9-20)14-15-27(33)32(28)22-18-25(36-2)29(38-4)26(19-22)37-3/h8,10-13,18-19,24,28H,5-7,9,14-17H2,1-4H3,(H,31,34). The van der Waals surface area contributed by atoms with Gasteiger partial charge in [-0.2, -0.15) is 0 Å². The van der Waals surface area contributed by atoms with Gasteiger partial charge >= 0.3 is 0 Å². The number of amides is 2. The largest absolute Gasteiger partial charge is 0.497 e. The highest BCUT2D eigenvalue weighted by Crippen LogP contribution is 2.46. The Kier molecular flexibility index (Phi) is 9.15. The highest BCUT2D eigenvalue weighted by Gasteiger charge is 2.42. The molecule has 2 aromatic rings. The van der Waals surface area contributed by atoms with Crippen LogP contribution >= 0.6 is 0 Å². The summed E-state index contributed by atoms with van der Waals surface area (Å²) in [5.41, 5.74) is 2.85. The zero-order valence-corrected chi connectivity index (χ0v) is 22.7. The molecule has 0 spiro atoms. The van der Waals surface area contributed by atoms with Crippen LogP contribution in [-0.2, 0) is 9.59 Å². The van der Waals surface area contributed by atoms with E-state index in [9.17, 15) is 9.59 Å². The quantitative estimate of drug-likeness (QED) is 0.431.